The number of halogens is 1. The highest BCUT2D eigenvalue weighted by molar-refractivity contribution is 6.30. The highest BCUT2D eigenvalue weighted by atomic mass is 35.5. The molecule has 0 amide bonds. The van der Waals surface area contributed by atoms with Crippen molar-refractivity contribution >= 4 is 17.6 Å². The Morgan fingerprint density at radius 2 is 1.88 bits per heavy atom. The third-order valence-corrected chi connectivity index (χ3v) is 3.89. The number of carbonyl (C=O) groups is 1. The molecule has 0 aliphatic carbocycles. The van der Waals surface area contributed by atoms with E-state index in [4.69, 9.17) is 31.5 Å². The van der Waals surface area contributed by atoms with Crippen LogP contribution in [0.5, 0.6) is 11.5 Å². The number of allylic oxidation sites excluding steroid dienone is 2. The molecule has 0 unspecified atom stereocenters. The van der Waals surface area contributed by atoms with E-state index in [1.807, 2.05) is 13.8 Å². The Morgan fingerprint density at radius 1 is 1.19 bits per heavy atom. The number of benzene rings is 1. The lowest BCUT2D eigenvalue weighted by atomic mass is 10.0. The molecule has 26 heavy (non-hydrogen) atoms. The third-order valence-electron chi connectivity index (χ3n) is 3.66. The van der Waals surface area contributed by atoms with Crippen LogP contribution in [0.4, 0.5) is 0 Å². The lowest BCUT2D eigenvalue weighted by Crippen LogP contribution is -2.09. The fourth-order valence-corrected chi connectivity index (χ4v) is 2.34. The molecule has 1 aromatic rings. The van der Waals surface area contributed by atoms with Crippen LogP contribution in [0.25, 0.3) is 0 Å². The van der Waals surface area contributed by atoms with E-state index in [0.29, 0.717) is 27.8 Å². The van der Waals surface area contributed by atoms with E-state index in [9.17, 15) is 4.79 Å². The van der Waals surface area contributed by atoms with E-state index in [2.05, 4.69) is 0 Å². The average Bonchev–Trinajstić information content (AvgIpc) is 2.62. The first kappa shape index (κ1) is 21.6. The SMILES string of the molecule is CC/C(C)=C(/C=C(\C=C(/C)N)COc1ccc(Cl)cc1OC)C(=O)OC. The maximum absolute atomic E-state index is 12.1. The zero-order valence-electron chi connectivity index (χ0n) is 15.9. The predicted molar refractivity (Wildman–Crippen MR) is 105 cm³/mol. The van der Waals surface area contributed by atoms with Gasteiger partial charge in [0.05, 0.1) is 19.8 Å². The maximum atomic E-state index is 12.1. The van der Waals surface area contributed by atoms with E-state index >= 15 is 0 Å². The van der Waals surface area contributed by atoms with Gasteiger partial charge in [-0.05, 0) is 50.1 Å². The van der Waals surface area contributed by atoms with Gasteiger partial charge in [0.25, 0.3) is 0 Å². The molecule has 0 bridgehead atoms. The van der Waals surface area contributed by atoms with Gasteiger partial charge in [-0.25, -0.2) is 4.79 Å². The molecule has 0 radical (unpaired) electrons. The van der Waals surface area contributed by atoms with Gasteiger partial charge in [0.1, 0.15) is 6.61 Å². The van der Waals surface area contributed by atoms with E-state index in [1.165, 1.54) is 7.11 Å². The summed E-state index contributed by atoms with van der Waals surface area (Å²) in [5, 5.41) is 0.553. The second kappa shape index (κ2) is 10.6. The topological polar surface area (TPSA) is 70.8 Å². The Balaban J connectivity index is 3.19. The Kier molecular flexibility index (Phi) is 8.79. The maximum Gasteiger partial charge on any atom is 0.337 e. The molecular weight excluding hydrogens is 354 g/mol. The number of nitrogens with two attached hydrogens (primary N) is 1. The Morgan fingerprint density at radius 3 is 2.42 bits per heavy atom. The summed E-state index contributed by atoms with van der Waals surface area (Å²) in [6.07, 6.45) is 4.23. The molecule has 0 fully saturated rings. The number of methoxy groups -OCH3 is 2. The summed E-state index contributed by atoms with van der Waals surface area (Å²) in [5.74, 6) is 0.675. The van der Waals surface area contributed by atoms with Crippen molar-refractivity contribution in [3.05, 3.63) is 57.8 Å². The van der Waals surface area contributed by atoms with Crippen molar-refractivity contribution in [3.8, 4) is 11.5 Å². The number of hydrogen-bond donors (Lipinski definition) is 1. The third kappa shape index (κ3) is 6.48. The Hall–Kier alpha value is -2.40. The summed E-state index contributed by atoms with van der Waals surface area (Å²) in [6, 6.07) is 5.12. The molecule has 0 saturated heterocycles. The molecule has 1 rings (SSSR count). The molecule has 0 heterocycles. The second-order valence-corrected chi connectivity index (χ2v) is 6.17. The minimum absolute atomic E-state index is 0.198. The highest BCUT2D eigenvalue weighted by Crippen LogP contribution is 2.30. The van der Waals surface area contributed by atoms with Crippen molar-refractivity contribution < 1.29 is 19.0 Å². The quantitative estimate of drug-likeness (QED) is 0.411. The van der Waals surface area contributed by atoms with Crippen LogP contribution in [-0.2, 0) is 9.53 Å². The first-order chi connectivity index (χ1) is 12.3. The number of hydrogen-bond acceptors (Lipinski definition) is 5. The molecule has 1 aromatic carbocycles. The fourth-order valence-electron chi connectivity index (χ4n) is 2.18. The highest BCUT2D eigenvalue weighted by Gasteiger charge is 2.12. The van der Waals surface area contributed by atoms with Crippen LogP contribution in [0.1, 0.15) is 27.2 Å². The molecule has 2 N–H and O–H groups in total. The van der Waals surface area contributed by atoms with Crippen LogP contribution in [0.2, 0.25) is 5.02 Å². The van der Waals surface area contributed by atoms with Crippen molar-refractivity contribution in [2.45, 2.75) is 27.2 Å². The normalized spacial score (nSPS) is 13.2. The summed E-state index contributed by atoms with van der Waals surface area (Å²) in [6.45, 7) is 5.84. The van der Waals surface area contributed by atoms with Gasteiger partial charge in [-0.15, -0.1) is 0 Å². The monoisotopic (exact) mass is 379 g/mol. The summed E-state index contributed by atoms with van der Waals surface area (Å²) >= 11 is 5.97. The van der Waals surface area contributed by atoms with Gasteiger partial charge >= 0.3 is 5.97 Å². The molecule has 0 aromatic heterocycles. The average molecular weight is 380 g/mol. The first-order valence-corrected chi connectivity index (χ1v) is 8.58. The summed E-state index contributed by atoms with van der Waals surface area (Å²) < 4.78 is 16.0. The Labute approximate surface area is 160 Å². The van der Waals surface area contributed by atoms with Crippen LogP contribution < -0.4 is 15.2 Å². The van der Waals surface area contributed by atoms with Crippen LogP contribution in [0, 0.1) is 0 Å². The summed E-state index contributed by atoms with van der Waals surface area (Å²) in [4.78, 5) is 12.1. The molecule has 5 nitrogen and oxygen atoms in total. The molecule has 0 spiro atoms. The largest absolute Gasteiger partial charge is 0.493 e. The minimum atomic E-state index is -0.394. The minimum Gasteiger partial charge on any atom is -0.493 e. The lowest BCUT2D eigenvalue weighted by molar-refractivity contribution is -0.135. The van der Waals surface area contributed by atoms with E-state index < -0.39 is 5.97 Å². The van der Waals surface area contributed by atoms with Crippen LogP contribution in [0.3, 0.4) is 0 Å². The van der Waals surface area contributed by atoms with Crippen molar-refractivity contribution in [2.24, 2.45) is 5.73 Å². The predicted octanol–water partition coefficient (Wildman–Crippen LogP) is 4.42. The molecule has 142 valence electrons. The van der Waals surface area contributed by atoms with Crippen LogP contribution in [0.15, 0.2) is 52.8 Å². The standard InChI is InChI=1S/C20H26ClNO4/c1-6-13(2)17(20(23)25-5)10-15(9-14(3)22)12-26-18-8-7-16(21)11-19(18)24-4/h7-11H,6,12,22H2,1-5H3/b14-9+,15-10+,17-13-. The van der Waals surface area contributed by atoms with Crippen molar-refractivity contribution in [1.82, 2.24) is 0 Å². The number of carbonyl (C=O) groups excluding carboxylic acids is 1. The molecule has 0 saturated carbocycles. The zero-order valence-corrected chi connectivity index (χ0v) is 16.6. The first-order valence-electron chi connectivity index (χ1n) is 8.21. The zero-order chi connectivity index (χ0) is 19.7. The van der Waals surface area contributed by atoms with Crippen molar-refractivity contribution in [2.75, 3.05) is 20.8 Å². The molecule has 0 aliphatic rings. The van der Waals surface area contributed by atoms with Gasteiger partial charge in [-0.3, -0.25) is 0 Å². The molecule has 6 heteroatoms. The molecule has 0 aliphatic heterocycles. The number of ether oxygens (including phenoxy) is 3. The van der Waals surface area contributed by atoms with E-state index in [0.717, 1.165) is 17.6 Å². The van der Waals surface area contributed by atoms with Crippen LogP contribution in [-0.4, -0.2) is 26.8 Å². The van der Waals surface area contributed by atoms with Gasteiger partial charge in [-0.2, -0.15) is 0 Å². The lowest BCUT2D eigenvalue weighted by Gasteiger charge is -2.13. The molecular formula is C20H26ClNO4. The van der Waals surface area contributed by atoms with Crippen LogP contribution >= 0.6 is 11.6 Å². The van der Waals surface area contributed by atoms with Gasteiger partial charge in [0.2, 0.25) is 0 Å². The van der Waals surface area contributed by atoms with Gasteiger partial charge in [0, 0.05) is 16.8 Å². The smallest absolute Gasteiger partial charge is 0.337 e. The fraction of sp³-hybridized carbons (Fsp3) is 0.350. The van der Waals surface area contributed by atoms with Crippen molar-refractivity contribution in [3.63, 3.8) is 0 Å². The summed E-state index contributed by atoms with van der Waals surface area (Å²) in [7, 11) is 2.90. The van der Waals surface area contributed by atoms with Gasteiger partial charge in [-0.1, -0.05) is 24.1 Å². The number of rotatable bonds is 8. The van der Waals surface area contributed by atoms with Crippen molar-refractivity contribution in [1.29, 1.82) is 0 Å². The van der Waals surface area contributed by atoms with Gasteiger partial charge in [0.15, 0.2) is 11.5 Å². The summed E-state index contributed by atoms with van der Waals surface area (Å²) in [5.41, 5.74) is 8.56. The Bertz CT molecular complexity index is 731. The van der Waals surface area contributed by atoms with E-state index in [1.54, 1.807) is 44.4 Å². The second-order valence-electron chi connectivity index (χ2n) is 5.73. The van der Waals surface area contributed by atoms with Gasteiger partial charge < -0.3 is 19.9 Å². The van der Waals surface area contributed by atoms with E-state index in [-0.39, 0.29) is 6.61 Å². The number of esters is 1. The molecule has 0 atom stereocenters.